The second kappa shape index (κ2) is 5.79. The van der Waals surface area contributed by atoms with E-state index in [4.69, 9.17) is 4.74 Å². The van der Waals surface area contributed by atoms with Crippen LogP contribution in [0.4, 0.5) is 0 Å². The van der Waals surface area contributed by atoms with Crippen LogP contribution in [0.25, 0.3) is 16.6 Å². The molecule has 0 atom stereocenters. The molecule has 0 N–H and O–H groups in total. The summed E-state index contributed by atoms with van der Waals surface area (Å²) in [7, 11) is 0. The van der Waals surface area contributed by atoms with E-state index in [-0.39, 0.29) is 5.56 Å². The second-order valence-corrected chi connectivity index (χ2v) is 4.74. The number of fused-ring (bicyclic) bond motifs is 1. The Labute approximate surface area is 122 Å². The Balaban J connectivity index is 2.29. The maximum absolute atomic E-state index is 12.8. The maximum Gasteiger partial charge on any atom is 0.304 e. The first-order valence-electron chi connectivity index (χ1n) is 7.01. The Bertz CT molecular complexity index is 810. The van der Waals surface area contributed by atoms with E-state index in [1.165, 1.54) is 4.57 Å². The Morgan fingerprint density at radius 2 is 1.76 bits per heavy atom. The number of aromatic nitrogens is 2. The van der Waals surface area contributed by atoms with Gasteiger partial charge >= 0.3 is 6.01 Å². The molecule has 4 heteroatoms. The molecule has 0 spiro atoms. The topological polar surface area (TPSA) is 44.1 Å². The van der Waals surface area contributed by atoms with Crippen molar-refractivity contribution in [2.24, 2.45) is 0 Å². The predicted octanol–water partition coefficient (Wildman–Crippen LogP) is 3.17. The lowest BCUT2D eigenvalue weighted by Gasteiger charge is -2.13. The number of benzene rings is 2. The molecule has 0 saturated carbocycles. The van der Waals surface area contributed by atoms with E-state index in [1.807, 2.05) is 55.5 Å². The van der Waals surface area contributed by atoms with Crippen molar-refractivity contribution in [1.82, 2.24) is 9.55 Å². The van der Waals surface area contributed by atoms with Gasteiger partial charge in [0, 0.05) is 0 Å². The van der Waals surface area contributed by atoms with Crippen molar-refractivity contribution in [1.29, 1.82) is 0 Å². The van der Waals surface area contributed by atoms with Crippen LogP contribution in [0.15, 0.2) is 59.4 Å². The fourth-order valence-electron chi connectivity index (χ4n) is 2.21. The molecule has 0 aliphatic carbocycles. The molecule has 1 aromatic heterocycles. The number of rotatable bonds is 4. The summed E-state index contributed by atoms with van der Waals surface area (Å²) in [6.45, 7) is 2.55. The van der Waals surface area contributed by atoms with Crippen LogP contribution in [0.2, 0.25) is 0 Å². The zero-order valence-corrected chi connectivity index (χ0v) is 11.8. The summed E-state index contributed by atoms with van der Waals surface area (Å²) in [5.41, 5.74) is 1.30. The monoisotopic (exact) mass is 280 g/mol. The van der Waals surface area contributed by atoms with Gasteiger partial charge in [-0.15, -0.1) is 0 Å². The number of para-hydroxylation sites is 2. The first kappa shape index (κ1) is 13.4. The maximum atomic E-state index is 12.8. The number of hydrogen-bond acceptors (Lipinski definition) is 3. The van der Waals surface area contributed by atoms with E-state index in [9.17, 15) is 4.79 Å². The van der Waals surface area contributed by atoms with Gasteiger partial charge in [-0.2, -0.15) is 4.98 Å². The lowest BCUT2D eigenvalue weighted by molar-refractivity contribution is 0.284. The summed E-state index contributed by atoms with van der Waals surface area (Å²) in [4.78, 5) is 17.2. The highest BCUT2D eigenvalue weighted by molar-refractivity contribution is 5.78. The van der Waals surface area contributed by atoms with Crippen LogP contribution in [-0.2, 0) is 0 Å². The van der Waals surface area contributed by atoms with Crippen LogP contribution in [0.3, 0.4) is 0 Å². The van der Waals surface area contributed by atoms with Crippen LogP contribution < -0.4 is 10.3 Å². The van der Waals surface area contributed by atoms with Crippen molar-refractivity contribution in [2.45, 2.75) is 13.3 Å². The summed E-state index contributed by atoms with van der Waals surface area (Å²) >= 11 is 0. The number of ether oxygens (including phenoxy) is 1. The Kier molecular flexibility index (Phi) is 3.69. The van der Waals surface area contributed by atoms with E-state index in [1.54, 1.807) is 6.07 Å². The van der Waals surface area contributed by atoms with Crippen molar-refractivity contribution in [3.8, 4) is 11.7 Å². The molecule has 0 bridgehead atoms. The van der Waals surface area contributed by atoms with Gasteiger partial charge in [0.05, 0.1) is 23.2 Å². The second-order valence-electron chi connectivity index (χ2n) is 4.74. The van der Waals surface area contributed by atoms with Gasteiger partial charge in [-0.3, -0.25) is 4.79 Å². The summed E-state index contributed by atoms with van der Waals surface area (Å²) in [5, 5.41) is 0.588. The average Bonchev–Trinajstić information content (AvgIpc) is 2.54. The first-order valence-corrected chi connectivity index (χ1v) is 7.01. The normalized spacial score (nSPS) is 10.7. The molecule has 0 aliphatic rings. The SMILES string of the molecule is CCCOc1nc2ccccc2c(=O)n1-c1ccccc1. The first-order chi connectivity index (χ1) is 10.3. The quantitative estimate of drug-likeness (QED) is 0.737. The molecule has 21 heavy (non-hydrogen) atoms. The van der Waals surface area contributed by atoms with Gasteiger partial charge in [-0.1, -0.05) is 37.3 Å². The summed E-state index contributed by atoms with van der Waals surface area (Å²) in [6.07, 6.45) is 0.859. The van der Waals surface area contributed by atoms with E-state index in [0.717, 1.165) is 12.1 Å². The minimum absolute atomic E-state index is 0.113. The molecule has 0 amide bonds. The molecule has 0 aliphatic heterocycles. The van der Waals surface area contributed by atoms with Gasteiger partial charge in [0.25, 0.3) is 5.56 Å². The number of nitrogens with zero attached hydrogens (tertiary/aromatic N) is 2. The van der Waals surface area contributed by atoms with E-state index in [0.29, 0.717) is 23.5 Å². The van der Waals surface area contributed by atoms with E-state index >= 15 is 0 Å². The van der Waals surface area contributed by atoms with Crippen molar-refractivity contribution in [2.75, 3.05) is 6.61 Å². The Morgan fingerprint density at radius 3 is 2.52 bits per heavy atom. The van der Waals surface area contributed by atoms with Gasteiger partial charge in [0.2, 0.25) is 0 Å². The van der Waals surface area contributed by atoms with Crippen LogP contribution in [0.1, 0.15) is 13.3 Å². The highest BCUT2D eigenvalue weighted by Crippen LogP contribution is 2.17. The van der Waals surface area contributed by atoms with Crippen molar-refractivity contribution >= 4 is 10.9 Å². The third kappa shape index (κ3) is 2.52. The van der Waals surface area contributed by atoms with Crippen LogP contribution >= 0.6 is 0 Å². The standard InChI is InChI=1S/C17H16N2O2/c1-2-12-21-17-18-15-11-7-6-10-14(15)16(20)19(17)13-8-4-3-5-9-13/h3-11H,2,12H2,1H3. The Morgan fingerprint density at radius 1 is 1.05 bits per heavy atom. The molecular weight excluding hydrogens is 264 g/mol. The predicted molar refractivity (Wildman–Crippen MR) is 83.1 cm³/mol. The fourth-order valence-corrected chi connectivity index (χ4v) is 2.21. The lowest BCUT2D eigenvalue weighted by Crippen LogP contribution is -2.22. The van der Waals surface area contributed by atoms with E-state index in [2.05, 4.69) is 4.98 Å². The molecule has 2 aromatic carbocycles. The fraction of sp³-hybridized carbons (Fsp3) is 0.176. The van der Waals surface area contributed by atoms with Crippen molar-refractivity contribution in [3.05, 3.63) is 65.0 Å². The van der Waals surface area contributed by atoms with Crippen LogP contribution in [0.5, 0.6) is 6.01 Å². The molecule has 0 radical (unpaired) electrons. The van der Waals surface area contributed by atoms with Gasteiger partial charge in [0.1, 0.15) is 0 Å². The molecule has 0 saturated heterocycles. The highest BCUT2D eigenvalue weighted by atomic mass is 16.5. The van der Waals surface area contributed by atoms with Crippen molar-refractivity contribution in [3.63, 3.8) is 0 Å². The van der Waals surface area contributed by atoms with Gasteiger partial charge in [-0.25, -0.2) is 4.57 Å². The summed E-state index contributed by atoms with van der Waals surface area (Å²) < 4.78 is 7.21. The minimum atomic E-state index is -0.113. The Hall–Kier alpha value is -2.62. The summed E-state index contributed by atoms with van der Waals surface area (Å²) in [6, 6.07) is 17.1. The smallest absolute Gasteiger partial charge is 0.304 e. The third-order valence-electron chi connectivity index (χ3n) is 3.19. The largest absolute Gasteiger partial charge is 0.464 e. The van der Waals surface area contributed by atoms with Gasteiger partial charge in [-0.05, 0) is 30.7 Å². The molecule has 4 nitrogen and oxygen atoms in total. The lowest BCUT2D eigenvalue weighted by atomic mass is 10.2. The molecule has 1 heterocycles. The third-order valence-corrected chi connectivity index (χ3v) is 3.19. The molecule has 0 fully saturated rings. The zero-order chi connectivity index (χ0) is 14.7. The van der Waals surface area contributed by atoms with Gasteiger partial charge in [0.15, 0.2) is 0 Å². The molecule has 3 rings (SSSR count). The highest BCUT2D eigenvalue weighted by Gasteiger charge is 2.13. The summed E-state index contributed by atoms with van der Waals surface area (Å²) in [5.74, 6) is 0. The van der Waals surface area contributed by atoms with Crippen LogP contribution in [-0.4, -0.2) is 16.2 Å². The van der Waals surface area contributed by atoms with Crippen molar-refractivity contribution < 1.29 is 4.74 Å². The number of hydrogen-bond donors (Lipinski definition) is 0. The molecular formula is C17H16N2O2. The molecule has 0 unspecified atom stereocenters. The van der Waals surface area contributed by atoms with Gasteiger partial charge < -0.3 is 4.74 Å². The molecule has 106 valence electrons. The van der Waals surface area contributed by atoms with Crippen LogP contribution in [0, 0.1) is 0 Å². The minimum Gasteiger partial charge on any atom is -0.464 e. The zero-order valence-electron chi connectivity index (χ0n) is 11.8. The van der Waals surface area contributed by atoms with E-state index < -0.39 is 0 Å². The average molecular weight is 280 g/mol. The molecule has 3 aromatic rings.